The van der Waals surface area contributed by atoms with Gasteiger partial charge < -0.3 is 20.6 Å². The summed E-state index contributed by atoms with van der Waals surface area (Å²) in [6, 6.07) is 12.7. The number of anilines is 4. The van der Waals surface area contributed by atoms with Gasteiger partial charge in [-0.05, 0) is 24.3 Å². The molecule has 0 radical (unpaired) electrons. The molecule has 0 aliphatic carbocycles. The summed E-state index contributed by atoms with van der Waals surface area (Å²) in [4.78, 5) is 34.8. The minimum atomic E-state index is -0.226. The lowest BCUT2D eigenvalue weighted by atomic mass is 10.2. The van der Waals surface area contributed by atoms with Crippen LogP contribution in [0.15, 0.2) is 48.7 Å². The lowest BCUT2D eigenvalue weighted by molar-refractivity contribution is 0.102. The molecule has 1 amide bonds. The number of piperazine rings is 1. The second-order valence-corrected chi connectivity index (χ2v) is 7.66. The average Bonchev–Trinajstić information content (AvgIpc) is 2.85. The van der Waals surface area contributed by atoms with Gasteiger partial charge in [0.1, 0.15) is 11.6 Å². The Morgan fingerprint density at radius 2 is 1.82 bits per heavy atom. The van der Waals surface area contributed by atoms with Gasteiger partial charge in [0, 0.05) is 51.0 Å². The average molecular weight is 449 g/mol. The van der Waals surface area contributed by atoms with Crippen molar-refractivity contribution >= 4 is 29.3 Å². The SMILES string of the molecule is CCc1nc(Nc2ccc(C(=O)Nc3ccccc3)cn2)nc(N2CCN(CCO)CC2)n1. The Bertz CT molecular complexity index is 1050. The van der Waals surface area contributed by atoms with E-state index >= 15 is 0 Å². The number of aryl methyl sites for hydroxylation is 1. The zero-order valence-electron chi connectivity index (χ0n) is 18.6. The molecule has 172 valence electrons. The topological polar surface area (TPSA) is 119 Å². The Morgan fingerprint density at radius 1 is 1.03 bits per heavy atom. The molecule has 1 saturated heterocycles. The summed E-state index contributed by atoms with van der Waals surface area (Å²) in [5, 5.41) is 15.1. The third kappa shape index (κ3) is 5.99. The minimum Gasteiger partial charge on any atom is -0.395 e. The molecule has 1 fully saturated rings. The molecule has 0 atom stereocenters. The summed E-state index contributed by atoms with van der Waals surface area (Å²) < 4.78 is 0. The molecular formula is C23H28N8O2. The standard InChI is InChI=1S/C23H28N8O2/c1-2-19-26-22(29-23(28-19)31-12-10-30(11-13-31)14-15-32)27-20-9-8-17(16-24-20)21(33)25-18-6-4-3-5-7-18/h3-9,16,32H,2,10-15H2,1H3,(H,25,33)(H,24,26,27,28,29). The summed E-state index contributed by atoms with van der Waals surface area (Å²) in [7, 11) is 0. The van der Waals surface area contributed by atoms with Crippen molar-refractivity contribution in [3.63, 3.8) is 0 Å². The number of nitrogens with zero attached hydrogens (tertiary/aromatic N) is 6. The molecule has 10 nitrogen and oxygen atoms in total. The van der Waals surface area contributed by atoms with Crippen LogP contribution in [0.2, 0.25) is 0 Å². The van der Waals surface area contributed by atoms with Gasteiger partial charge in [-0.1, -0.05) is 25.1 Å². The van der Waals surface area contributed by atoms with Gasteiger partial charge in [0.25, 0.3) is 5.91 Å². The number of aliphatic hydroxyl groups excluding tert-OH is 1. The first-order valence-corrected chi connectivity index (χ1v) is 11.1. The molecule has 3 heterocycles. The van der Waals surface area contributed by atoms with Crippen LogP contribution in [0, 0.1) is 0 Å². The number of hydrogen-bond donors (Lipinski definition) is 3. The van der Waals surface area contributed by atoms with Crippen molar-refractivity contribution < 1.29 is 9.90 Å². The fraction of sp³-hybridized carbons (Fsp3) is 0.348. The summed E-state index contributed by atoms with van der Waals surface area (Å²) >= 11 is 0. The number of aromatic nitrogens is 4. The van der Waals surface area contributed by atoms with E-state index in [9.17, 15) is 4.79 Å². The molecular weight excluding hydrogens is 420 g/mol. The van der Waals surface area contributed by atoms with Crippen LogP contribution < -0.4 is 15.5 Å². The van der Waals surface area contributed by atoms with Crippen LogP contribution in [-0.2, 0) is 6.42 Å². The number of β-amino-alcohol motifs (C(OH)–C–C–N with tert-alkyl or cyclic N) is 1. The van der Waals surface area contributed by atoms with E-state index in [2.05, 4.69) is 40.4 Å². The van der Waals surface area contributed by atoms with Crippen molar-refractivity contribution in [1.29, 1.82) is 0 Å². The highest BCUT2D eigenvalue weighted by Crippen LogP contribution is 2.17. The van der Waals surface area contributed by atoms with Crippen LogP contribution in [-0.4, -0.2) is 75.2 Å². The molecule has 4 rings (SSSR count). The second-order valence-electron chi connectivity index (χ2n) is 7.66. The molecule has 0 saturated carbocycles. The third-order valence-corrected chi connectivity index (χ3v) is 5.35. The van der Waals surface area contributed by atoms with Crippen molar-refractivity contribution in [3.05, 3.63) is 60.0 Å². The predicted octanol–water partition coefficient (Wildman–Crippen LogP) is 1.94. The number of rotatable bonds is 8. The Balaban J connectivity index is 1.43. The number of aliphatic hydroxyl groups is 1. The second kappa shape index (κ2) is 10.8. The van der Waals surface area contributed by atoms with Crippen molar-refractivity contribution in [1.82, 2.24) is 24.8 Å². The maximum Gasteiger partial charge on any atom is 0.257 e. The van der Waals surface area contributed by atoms with E-state index in [0.717, 1.165) is 31.9 Å². The molecule has 0 unspecified atom stereocenters. The first-order valence-electron chi connectivity index (χ1n) is 11.1. The van der Waals surface area contributed by atoms with Gasteiger partial charge in [0.2, 0.25) is 11.9 Å². The van der Waals surface area contributed by atoms with Crippen molar-refractivity contribution in [3.8, 4) is 0 Å². The zero-order valence-corrected chi connectivity index (χ0v) is 18.6. The number of benzene rings is 1. The Morgan fingerprint density at radius 3 is 2.48 bits per heavy atom. The maximum atomic E-state index is 12.4. The van der Waals surface area contributed by atoms with Crippen LogP contribution in [0.25, 0.3) is 0 Å². The zero-order chi connectivity index (χ0) is 23.0. The normalized spacial score (nSPS) is 14.2. The maximum absolute atomic E-state index is 12.4. The predicted molar refractivity (Wildman–Crippen MR) is 127 cm³/mol. The number of para-hydroxylation sites is 1. The van der Waals surface area contributed by atoms with Gasteiger partial charge >= 0.3 is 0 Å². The number of nitrogens with one attached hydrogen (secondary N) is 2. The quantitative estimate of drug-likeness (QED) is 0.475. The fourth-order valence-corrected chi connectivity index (χ4v) is 3.52. The smallest absolute Gasteiger partial charge is 0.257 e. The summed E-state index contributed by atoms with van der Waals surface area (Å²) in [5.74, 6) is 2.06. The van der Waals surface area contributed by atoms with E-state index in [1.807, 2.05) is 37.3 Å². The van der Waals surface area contributed by atoms with Crippen LogP contribution in [0.1, 0.15) is 23.1 Å². The molecule has 1 aliphatic heterocycles. The highest BCUT2D eigenvalue weighted by atomic mass is 16.3. The number of hydrogen-bond acceptors (Lipinski definition) is 9. The van der Waals surface area contributed by atoms with Gasteiger partial charge in [-0.2, -0.15) is 15.0 Å². The van der Waals surface area contributed by atoms with Gasteiger partial charge in [0.15, 0.2) is 0 Å². The highest BCUT2D eigenvalue weighted by Gasteiger charge is 2.20. The van der Waals surface area contributed by atoms with Crippen molar-refractivity contribution in [2.24, 2.45) is 0 Å². The Hall–Kier alpha value is -3.63. The van der Waals surface area contributed by atoms with Crippen LogP contribution in [0.4, 0.5) is 23.4 Å². The summed E-state index contributed by atoms with van der Waals surface area (Å²) in [6.45, 7) is 6.13. The molecule has 1 aliphatic rings. The van der Waals surface area contributed by atoms with E-state index in [0.29, 0.717) is 42.1 Å². The third-order valence-electron chi connectivity index (χ3n) is 5.35. The first-order chi connectivity index (χ1) is 16.1. The molecule has 10 heteroatoms. The van der Waals surface area contributed by atoms with E-state index in [1.54, 1.807) is 12.1 Å². The summed E-state index contributed by atoms with van der Waals surface area (Å²) in [6.07, 6.45) is 2.20. The minimum absolute atomic E-state index is 0.166. The molecule has 33 heavy (non-hydrogen) atoms. The van der Waals surface area contributed by atoms with Crippen LogP contribution >= 0.6 is 0 Å². The Kier molecular flexibility index (Phi) is 7.38. The molecule has 0 bridgehead atoms. The molecule has 1 aromatic carbocycles. The van der Waals surface area contributed by atoms with E-state index in [4.69, 9.17) is 5.11 Å². The number of carbonyl (C=O) groups excluding carboxylic acids is 1. The fourth-order valence-electron chi connectivity index (χ4n) is 3.52. The van der Waals surface area contributed by atoms with Crippen molar-refractivity contribution in [2.75, 3.05) is 54.9 Å². The highest BCUT2D eigenvalue weighted by molar-refractivity contribution is 6.04. The van der Waals surface area contributed by atoms with E-state index in [-0.39, 0.29) is 12.5 Å². The molecule has 3 N–H and O–H groups in total. The molecule has 0 spiro atoms. The van der Waals surface area contributed by atoms with Gasteiger partial charge in [-0.25, -0.2) is 4.98 Å². The van der Waals surface area contributed by atoms with Crippen LogP contribution in [0.3, 0.4) is 0 Å². The van der Waals surface area contributed by atoms with Gasteiger partial charge in [-0.3, -0.25) is 9.69 Å². The van der Waals surface area contributed by atoms with Gasteiger partial charge in [0.05, 0.1) is 12.2 Å². The Labute approximate surface area is 192 Å². The van der Waals surface area contributed by atoms with Gasteiger partial charge in [-0.15, -0.1) is 0 Å². The number of carbonyl (C=O) groups is 1. The number of pyridine rings is 1. The molecule has 2 aromatic heterocycles. The first kappa shape index (κ1) is 22.6. The van der Waals surface area contributed by atoms with Crippen molar-refractivity contribution in [2.45, 2.75) is 13.3 Å². The molecule has 3 aromatic rings. The van der Waals surface area contributed by atoms with Crippen LogP contribution in [0.5, 0.6) is 0 Å². The monoisotopic (exact) mass is 448 g/mol. The summed E-state index contributed by atoms with van der Waals surface area (Å²) in [5.41, 5.74) is 1.18. The van der Waals surface area contributed by atoms with E-state index < -0.39 is 0 Å². The van der Waals surface area contributed by atoms with E-state index in [1.165, 1.54) is 6.20 Å². The lowest BCUT2D eigenvalue weighted by Crippen LogP contribution is -2.47. The lowest BCUT2D eigenvalue weighted by Gasteiger charge is -2.34. The number of amides is 1. The largest absolute Gasteiger partial charge is 0.395 e.